The van der Waals surface area contributed by atoms with Crippen LogP contribution in [0.5, 0.6) is 0 Å². The second-order valence-corrected chi connectivity index (χ2v) is 15.9. The molecule has 0 aliphatic carbocycles. The van der Waals surface area contributed by atoms with Crippen LogP contribution >= 0.6 is 0 Å². The molecule has 0 aliphatic heterocycles. The standard InChI is InChI=1S/C52H89NO5/c1-4-7-10-13-16-19-22-24-26-27-29-31-34-37-40-43-48(58-52(57)45-42-39-36-33-30-28-25-23-20-17-14-11-8-5-2)46-51(56)53-49(47-54)50(55)44-41-38-35-32-21-18-15-12-9-6-3/h7,10,13,16,19,22,24,26-31,34,48-50,54-55H,4-6,8-9,11-12,14-15,17-18,20-21,23,25,32-33,35-47H2,1-3H3,(H,53,56)/b10-7-,16-13+,22-19+,26-24-,29-27+,30-28-,34-31+. The van der Waals surface area contributed by atoms with Crippen LogP contribution in [-0.2, 0) is 14.3 Å². The summed E-state index contributed by atoms with van der Waals surface area (Å²) in [5, 5.41) is 23.6. The maximum absolute atomic E-state index is 13.1. The zero-order valence-corrected chi connectivity index (χ0v) is 37.6. The summed E-state index contributed by atoms with van der Waals surface area (Å²) in [6, 6.07) is -0.731. The molecule has 0 heterocycles. The molecule has 0 aromatic carbocycles. The van der Waals surface area contributed by atoms with Gasteiger partial charge in [0.2, 0.25) is 5.91 Å². The summed E-state index contributed by atoms with van der Waals surface area (Å²) in [6.45, 7) is 6.28. The number of esters is 1. The van der Waals surface area contributed by atoms with E-state index < -0.39 is 18.2 Å². The number of aliphatic hydroxyl groups excluding tert-OH is 2. The molecule has 0 rings (SSSR count). The second kappa shape index (κ2) is 45.1. The minimum atomic E-state index is -0.812. The number of nitrogens with one attached hydrogen (secondary N) is 1. The van der Waals surface area contributed by atoms with Crippen molar-refractivity contribution in [2.75, 3.05) is 6.61 Å². The Morgan fingerprint density at radius 1 is 0.517 bits per heavy atom. The molecule has 6 nitrogen and oxygen atoms in total. The normalized spacial score (nSPS) is 14.1. The van der Waals surface area contributed by atoms with Gasteiger partial charge in [-0.15, -0.1) is 0 Å². The zero-order valence-electron chi connectivity index (χ0n) is 37.6. The summed E-state index contributed by atoms with van der Waals surface area (Å²) in [4.78, 5) is 26.0. The predicted molar refractivity (Wildman–Crippen MR) is 250 cm³/mol. The number of hydrogen-bond donors (Lipinski definition) is 3. The summed E-state index contributed by atoms with van der Waals surface area (Å²) in [7, 11) is 0. The van der Waals surface area contributed by atoms with Crippen LogP contribution in [0.1, 0.15) is 207 Å². The number of rotatable bonds is 41. The van der Waals surface area contributed by atoms with E-state index in [9.17, 15) is 19.8 Å². The van der Waals surface area contributed by atoms with Gasteiger partial charge in [0.25, 0.3) is 0 Å². The molecule has 3 unspecified atom stereocenters. The third kappa shape index (κ3) is 39.8. The average molecular weight is 808 g/mol. The Kier molecular flexibility index (Phi) is 42.8. The fraction of sp³-hybridized carbons (Fsp3) is 0.692. The second-order valence-electron chi connectivity index (χ2n) is 15.9. The van der Waals surface area contributed by atoms with E-state index in [1.54, 1.807) is 0 Å². The predicted octanol–water partition coefficient (Wildman–Crippen LogP) is 14.0. The summed E-state index contributed by atoms with van der Waals surface area (Å²) in [5.41, 5.74) is 0. The molecule has 6 heteroatoms. The van der Waals surface area contributed by atoms with Crippen LogP contribution < -0.4 is 5.32 Å². The monoisotopic (exact) mass is 808 g/mol. The topological polar surface area (TPSA) is 95.9 Å². The van der Waals surface area contributed by atoms with Gasteiger partial charge in [0.1, 0.15) is 6.10 Å². The summed E-state index contributed by atoms with van der Waals surface area (Å²) < 4.78 is 5.87. The molecular weight excluding hydrogens is 719 g/mol. The maximum Gasteiger partial charge on any atom is 0.306 e. The van der Waals surface area contributed by atoms with Crippen LogP contribution in [-0.4, -0.2) is 46.9 Å². The molecule has 0 saturated carbocycles. The van der Waals surface area contributed by atoms with Crippen LogP contribution in [0.25, 0.3) is 0 Å². The van der Waals surface area contributed by atoms with Crippen molar-refractivity contribution >= 4 is 11.9 Å². The van der Waals surface area contributed by atoms with Crippen LogP contribution in [0.3, 0.4) is 0 Å². The highest BCUT2D eigenvalue weighted by Gasteiger charge is 2.24. The smallest absolute Gasteiger partial charge is 0.306 e. The van der Waals surface area contributed by atoms with Crippen molar-refractivity contribution in [2.45, 2.75) is 225 Å². The number of allylic oxidation sites excluding steroid dienone is 14. The largest absolute Gasteiger partial charge is 0.462 e. The molecule has 3 atom stereocenters. The minimum absolute atomic E-state index is 0.0166. The van der Waals surface area contributed by atoms with Gasteiger partial charge >= 0.3 is 5.97 Å². The van der Waals surface area contributed by atoms with E-state index in [1.165, 1.54) is 89.9 Å². The van der Waals surface area contributed by atoms with Crippen molar-refractivity contribution in [1.29, 1.82) is 0 Å². The van der Waals surface area contributed by atoms with E-state index in [4.69, 9.17) is 4.74 Å². The SMILES string of the molecule is CC\C=C/C=C/C=C/C=C\C=C\C=C\CCCC(CC(=O)NC(CO)C(O)CCCCCCCCCCCC)OC(=O)CCCCC/C=C\CCCCCCCCC. The van der Waals surface area contributed by atoms with Crippen LogP contribution in [0, 0.1) is 0 Å². The third-order valence-electron chi connectivity index (χ3n) is 10.4. The van der Waals surface area contributed by atoms with Crippen molar-refractivity contribution < 1.29 is 24.5 Å². The Morgan fingerprint density at radius 2 is 0.966 bits per heavy atom. The number of hydrogen-bond acceptors (Lipinski definition) is 5. The molecule has 1 amide bonds. The van der Waals surface area contributed by atoms with Gasteiger partial charge in [-0.2, -0.15) is 0 Å². The average Bonchev–Trinajstić information content (AvgIpc) is 3.22. The number of ether oxygens (including phenoxy) is 1. The lowest BCUT2D eigenvalue weighted by Gasteiger charge is -2.24. The van der Waals surface area contributed by atoms with E-state index in [-0.39, 0.29) is 24.9 Å². The molecule has 3 N–H and O–H groups in total. The first-order valence-electron chi connectivity index (χ1n) is 23.9. The van der Waals surface area contributed by atoms with E-state index in [2.05, 4.69) is 50.4 Å². The highest BCUT2D eigenvalue weighted by atomic mass is 16.5. The van der Waals surface area contributed by atoms with Gasteiger partial charge in [0, 0.05) is 6.42 Å². The minimum Gasteiger partial charge on any atom is -0.462 e. The van der Waals surface area contributed by atoms with E-state index >= 15 is 0 Å². The third-order valence-corrected chi connectivity index (χ3v) is 10.4. The first-order valence-corrected chi connectivity index (χ1v) is 23.9. The quantitative estimate of drug-likeness (QED) is 0.0247. The Hall–Kier alpha value is -2.96. The maximum atomic E-state index is 13.1. The molecule has 0 fully saturated rings. The van der Waals surface area contributed by atoms with Crippen LogP contribution in [0.4, 0.5) is 0 Å². The summed E-state index contributed by atoms with van der Waals surface area (Å²) in [6.07, 6.45) is 57.9. The molecular formula is C52H89NO5. The van der Waals surface area contributed by atoms with Gasteiger partial charge in [-0.3, -0.25) is 9.59 Å². The molecule has 0 bridgehead atoms. The fourth-order valence-electron chi connectivity index (χ4n) is 6.75. The number of amides is 1. The number of unbranched alkanes of at least 4 members (excludes halogenated alkanes) is 20. The lowest BCUT2D eigenvalue weighted by atomic mass is 10.0. The van der Waals surface area contributed by atoms with Crippen molar-refractivity contribution in [3.05, 3.63) is 85.1 Å². The molecule has 58 heavy (non-hydrogen) atoms. The molecule has 332 valence electrons. The molecule has 0 saturated heterocycles. The molecule has 0 aliphatic rings. The fourth-order valence-corrected chi connectivity index (χ4v) is 6.75. The van der Waals surface area contributed by atoms with Gasteiger partial charge in [-0.1, -0.05) is 215 Å². The van der Waals surface area contributed by atoms with E-state index in [1.807, 2.05) is 60.8 Å². The van der Waals surface area contributed by atoms with Gasteiger partial charge in [-0.05, 0) is 64.2 Å². The van der Waals surface area contributed by atoms with Crippen LogP contribution in [0.2, 0.25) is 0 Å². The van der Waals surface area contributed by atoms with Crippen molar-refractivity contribution in [3.8, 4) is 0 Å². The van der Waals surface area contributed by atoms with Gasteiger partial charge < -0.3 is 20.3 Å². The molecule has 0 spiro atoms. The molecule has 0 radical (unpaired) electrons. The Morgan fingerprint density at radius 3 is 1.48 bits per heavy atom. The Labute approximate surface area is 357 Å². The molecule has 0 aromatic rings. The molecule has 0 aromatic heterocycles. The summed E-state index contributed by atoms with van der Waals surface area (Å²) in [5.74, 6) is -0.575. The number of aliphatic hydroxyl groups is 2. The van der Waals surface area contributed by atoms with E-state index in [0.717, 1.165) is 70.6 Å². The Bertz CT molecular complexity index is 1130. The highest BCUT2D eigenvalue weighted by molar-refractivity contribution is 5.77. The van der Waals surface area contributed by atoms with Crippen molar-refractivity contribution in [3.63, 3.8) is 0 Å². The van der Waals surface area contributed by atoms with Gasteiger partial charge in [0.15, 0.2) is 0 Å². The highest BCUT2D eigenvalue weighted by Crippen LogP contribution is 2.16. The van der Waals surface area contributed by atoms with Crippen molar-refractivity contribution in [2.24, 2.45) is 0 Å². The zero-order chi connectivity index (χ0) is 42.4. The van der Waals surface area contributed by atoms with Gasteiger partial charge in [-0.25, -0.2) is 0 Å². The van der Waals surface area contributed by atoms with Crippen molar-refractivity contribution in [1.82, 2.24) is 5.32 Å². The number of carbonyl (C=O) groups is 2. The Balaban J connectivity index is 4.80. The van der Waals surface area contributed by atoms with Gasteiger partial charge in [0.05, 0.1) is 25.2 Å². The van der Waals surface area contributed by atoms with Crippen LogP contribution in [0.15, 0.2) is 85.1 Å². The summed E-state index contributed by atoms with van der Waals surface area (Å²) >= 11 is 0. The lowest BCUT2D eigenvalue weighted by molar-refractivity contribution is -0.151. The number of carbonyl (C=O) groups excluding carboxylic acids is 2. The first-order chi connectivity index (χ1) is 28.5. The first kappa shape index (κ1) is 55.0. The lowest BCUT2D eigenvalue weighted by Crippen LogP contribution is -2.46. The van der Waals surface area contributed by atoms with E-state index in [0.29, 0.717) is 19.3 Å².